The third kappa shape index (κ3) is 2.69. The third-order valence-corrected chi connectivity index (χ3v) is 4.12. The molecule has 0 bridgehead atoms. The minimum atomic E-state index is -0.915. The molecule has 1 aromatic carbocycles. The van der Waals surface area contributed by atoms with Crippen LogP contribution in [-0.4, -0.2) is 20.6 Å². The number of carboxylic acid groups (broad SMARTS) is 1. The lowest BCUT2D eigenvalue weighted by Gasteiger charge is -2.28. The fraction of sp³-hybridized carbons (Fsp3) is 0.500. The number of nitrogens with zero attached hydrogens (tertiary/aromatic N) is 2. The molecule has 1 N–H and O–H groups in total. The summed E-state index contributed by atoms with van der Waals surface area (Å²) < 4.78 is 2.18. The first kappa shape index (κ1) is 14.6. The van der Waals surface area contributed by atoms with Gasteiger partial charge in [0.1, 0.15) is 5.82 Å². The van der Waals surface area contributed by atoms with Crippen LogP contribution in [0.1, 0.15) is 43.9 Å². The normalized spacial score (nSPS) is 13.7. The molecule has 0 fully saturated rings. The number of hydrogen-bond acceptors (Lipinski definition) is 2. The zero-order chi connectivity index (χ0) is 15.1. The molecule has 0 aliphatic heterocycles. The van der Waals surface area contributed by atoms with E-state index < -0.39 is 5.97 Å². The molecule has 0 radical (unpaired) electrons. The molecule has 108 valence electrons. The quantitative estimate of drug-likeness (QED) is 0.928. The number of aromatic carboxylic acids is 1. The van der Waals surface area contributed by atoms with E-state index in [0.717, 1.165) is 23.4 Å². The van der Waals surface area contributed by atoms with Crippen LogP contribution in [0.2, 0.25) is 0 Å². The second kappa shape index (κ2) is 4.93. The largest absolute Gasteiger partial charge is 0.478 e. The molecule has 0 aliphatic rings. The maximum atomic E-state index is 11.0. The molecule has 1 atom stereocenters. The summed E-state index contributed by atoms with van der Waals surface area (Å²) >= 11 is 0. The van der Waals surface area contributed by atoms with Crippen molar-refractivity contribution in [3.05, 3.63) is 29.6 Å². The van der Waals surface area contributed by atoms with E-state index in [9.17, 15) is 4.79 Å². The van der Waals surface area contributed by atoms with Gasteiger partial charge in [-0.3, -0.25) is 0 Å². The number of carboxylic acids is 1. The molecule has 0 spiro atoms. The summed E-state index contributed by atoms with van der Waals surface area (Å²) in [5.41, 5.74) is 2.27. The predicted molar refractivity (Wildman–Crippen MR) is 80.0 cm³/mol. The van der Waals surface area contributed by atoms with Gasteiger partial charge in [0.25, 0.3) is 0 Å². The molecule has 2 rings (SSSR count). The molecule has 4 heteroatoms. The minimum Gasteiger partial charge on any atom is -0.478 e. The van der Waals surface area contributed by atoms with E-state index in [0.29, 0.717) is 5.92 Å². The summed E-state index contributed by atoms with van der Waals surface area (Å²) in [7, 11) is 0. The molecule has 0 amide bonds. The predicted octanol–water partition coefficient (Wildman–Crippen LogP) is 3.73. The monoisotopic (exact) mass is 274 g/mol. The lowest BCUT2D eigenvalue weighted by Crippen LogP contribution is -2.22. The van der Waals surface area contributed by atoms with Gasteiger partial charge in [-0.05, 0) is 36.5 Å². The Balaban J connectivity index is 2.44. The second-order valence-electron chi connectivity index (χ2n) is 6.55. The van der Waals surface area contributed by atoms with E-state index in [1.54, 1.807) is 12.1 Å². The van der Waals surface area contributed by atoms with Gasteiger partial charge in [-0.25, -0.2) is 9.78 Å². The van der Waals surface area contributed by atoms with E-state index in [1.165, 1.54) is 0 Å². The Labute approximate surface area is 119 Å². The van der Waals surface area contributed by atoms with Gasteiger partial charge in [0.05, 0.1) is 16.6 Å². The third-order valence-electron chi connectivity index (χ3n) is 4.12. The van der Waals surface area contributed by atoms with Gasteiger partial charge < -0.3 is 9.67 Å². The Bertz CT molecular complexity index is 650. The average Bonchev–Trinajstić information content (AvgIpc) is 2.63. The van der Waals surface area contributed by atoms with Gasteiger partial charge in [0, 0.05) is 6.54 Å². The van der Waals surface area contributed by atoms with E-state index in [1.807, 2.05) is 13.0 Å². The first-order chi connectivity index (χ1) is 9.20. The zero-order valence-corrected chi connectivity index (χ0v) is 12.8. The summed E-state index contributed by atoms with van der Waals surface area (Å²) in [6.07, 6.45) is 0. The van der Waals surface area contributed by atoms with E-state index in [2.05, 4.69) is 37.2 Å². The Morgan fingerprint density at radius 2 is 2.05 bits per heavy atom. The van der Waals surface area contributed by atoms with E-state index >= 15 is 0 Å². The van der Waals surface area contributed by atoms with Crippen molar-refractivity contribution in [3.63, 3.8) is 0 Å². The molecule has 0 saturated heterocycles. The highest BCUT2D eigenvalue weighted by molar-refractivity contribution is 5.92. The number of aromatic nitrogens is 2. The molecule has 20 heavy (non-hydrogen) atoms. The van der Waals surface area contributed by atoms with Gasteiger partial charge in [0.2, 0.25) is 0 Å². The van der Waals surface area contributed by atoms with E-state index in [-0.39, 0.29) is 11.0 Å². The van der Waals surface area contributed by atoms with Crippen LogP contribution >= 0.6 is 0 Å². The lowest BCUT2D eigenvalue weighted by atomic mass is 9.82. The van der Waals surface area contributed by atoms with E-state index in [4.69, 9.17) is 5.11 Å². The molecular formula is C16H22N2O2. The molecule has 2 aromatic rings. The Morgan fingerprint density at radius 3 is 2.60 bits per heavy atom. The Kier molecular flexibility index (Phi) is 3.59. The van der Waals surface area contributed by atoms with Crippen LogP contribution in [-0.2, 0) is 6.54 Å². The van der Waals surface area contributed by atoms with Gasteiger partial charge in [-0.1, -0.05) is 27.7 Å². The average molecular weight is 274 g/mol. The maximum absolute atomic E-state index is 11.0. The smallest absolute Gasteiger partial charge is 0.335 e. The molecule has 0 aliphatic carbocycles. The van der Waals surface area contributed by atoms with Crippen molar-refractivity contribution in [2.45, 2.75) is 41.2 Å². The van der Waals surface area contributed by atoms with Crippen LogP contribution in [0.3, 0.4) is 0 Å². The summed E-state index contributed by atoms with van der Waals surface area (Å²) in [4.78, 5) is 15.5. The molecule has 1 unspecified atom stereocenters. The van der Waals surface area contributed by atoms with Crippen molar-refractivity contribution in [1.29, 1.82) is 0 Å². The number of imidazole rings is 1. The van der Waals surface area contributed by atoms with Crippen LogP contribution in [0.25, 0.3) is 11.0 Å². The van der Waals surface area contributed by atoms with Crippen molar-refractivity contribution < 1.29 is 9.90 Å². The summed E-state index contributed by atoms with van der Waals surface area (Å²) in [6, 6.07) is 5.14. The number of hydrogen-bond donors (Lipinski definition) is 1. The summed E-state index contributed by atoms with van der Waals surface area (Å²) in [6.45, 7) is 11.8. The van der Waals surface area contributed by atoms with Crippen LogP contribution in [0, 0.1) is 18.3 Å². The maximum Gasteiger partial charge on any atom is 0.335 e. The molecule has 4 nitrogen and oxygen atoms in total. The van der Waals surface area contributed by atoms with Crippen LogP contribution in [0.15, 0.2) is 18.2 Å². The number of rotatable bonds is 3. The Hall–Kier alpha value is -1.84. The van der Waals surface area contributed by atoms with Gasteiger partial charge in [-0.2, -0.15) is 0 Å². The molecule has 1 aromatic heterocycles. The van der Waals surface area contributed by atoms with Crippen LogP contribution in [0.5, 0.6) is 0 Å². The topological polar surface area (TPSA) is 55.1 Å². The molecule has 0 saturated carbocycles. The highest BCUT2D eigenvalue weighted by atomic mass is 16.4. The lowest BCUT2D eigenvalue weighted by molar-refractivity contribution is 0.0697. The van der Waals surface area contributed by atoms with Crippen LogP contribution in [0.4, 0.5) is 0 Å². The van der Waals surface area contributed by atoms with Crippen molar-refractivity contribution >= 4 is 17.0 Å². The van der Waals surface area contributed by atoms with Crippen molar-refractivity contribution in [2.75, 3.05) is 0 Å². The van der Waals surface area contributed by atoms with Crippen molar-refractivity contribution in [2.24, 2.45) is 11.3 Å². The molecule has 1 heterocycles. The number of aryl methyl sites for hydroxylation is 1. The van der Waals surface area contributed by atoms with Crippen LogP contribution < -0.4 is 0 Å². The number of carbonyl (C=O) groups is 1. The molecular weight excluding hydrogens is 252 g/mol. The highest BCUT2D eigenvalue weighted by Crippen LogP contribution is 2.28. The second-order valence-corrected chi connectivity index (χ2v) is 6.55. The number of benzene rings is 1. The first-order valence-corrected chi connectivity index (χ1v) is 6.90. The SMILES string of the molecule is Cc1nc2cc(C(=O)O)ccc2n1CC(C)C(C)(C)C. The van der Waals surface area contributed by atoms with Crippen molar-refractivity contribution in [3.8, 4) is 0 Å². The Morgan fingerprint density at radius 1 is 1.40 bits per heavy atom. The van der Waals surface area contributed by atoms with Gasteiger partial charge in [-0.15, -0.1) is 0 Å². The van der Waals surface area contributed by atoms with Gasteiger partial charge >= 0.3 is 5.97 Å². The zero-order valence-electron chi connectivity index (χ0n) is 12.8. The van der Waals surface area contributed by atoms with Crippen molar-refractivity contribution in [1.82, 2.24) is 9.55 Å². The van der Waals surface area contributed by atoms with Gasteiger partial charge in [0.15, 0.2) is 0 Å². The summed E-state index contributed by atoms with van der Waals surface area (Å²) in [5.74, 6) is 0.513. The highest BCUT2D eigenvalue weighted by Gasteiger charge is 2.22. The fourth-order valence-corrected chi connectivity index (χ4v) is 2.16. The first-order valence-electron chi connectivity index (χ1n) is 6.90. The minimum absolute atomic E-state index is 0.226. The number of fused-ring (bicyclic) bond motifs is 1. The standard InChI is InChI=1S/C16H22N2O2/c1-10(16(3,4)5)9-18-11(2)17-13-8-12(15(19)20)6-7-14(13)18/h6-8,10H,9H2,1-5H3,(H,19,20). The summed E-state index contributed by atoms with van der Waals surface area (Å²) in [5, 5.41) is 9.04. The fourth-order valence-electron chi connectivity index (χ4n) is 2.16.